The molecule has 3 aromatic carbocycles. The molecule has 0 saturated heterocycles. The number of aromatic carboxylic acids is 1. The first kappa shape index (κ1) is 22.8. The Bertz CT molecular complexity index is 1190. The molecule has 0 atom stereocenters. The molecule has 0 heterocycles. The molecule has 8 nitrogen and oxygen atoms in total. The van der Waals surface area contributed by atoms with Gasteiger partial charge in [0.25, 0.3) is 0 Å². The monoisotopic (exact) mass is 460 g/mol. The predicted molar refractivity (Wildman–Crippen MR) is 126 cm³/mol. The zero-order chi connectivity index (χ0) is 24.1. The lowest BCUT2D eigenvalue weighted by atomic mass is 9.98. The Morgan fingerprint density at radius 1 is 0.912 bits per heavy atom. The normalized spacial score (nSPS) is 11.9. The highest BCUT2D eigenvalue weighted by Crippen LogP contribution is 2.44. The van der Waals surface area contributed by atoms with Crippen LogP contribution in [0.2, 0.25) is 0 Å². The van der Waals surface area contributed by atoms with Gasteiger partial charge >= 0.3 is 12.1 Å². The number of carboxylic acids is 1. The van der Waals surface area contributed by atoms with E-state index in [9.17, 15) is 19.5 Å². The number of amides is 2. The number of nitrogens with one attached hydrogen (secondary N) is 2. The molecular weight excluding hydrogens is 436 g/mol. The van der Waals surface area contributed by atoms with Gasteiger partial charge in [-0.05, 0) is 46.9 Å². The topological polar surface area (TPSA) is 125 Å². The Kier molecular flexibility index (Phi) is 6.77. The van der Waals surface area contributed by atoms with E-state index in [0.29, 0.717) is 6.42 Å². The maximum absolute atomic E-state index is 12.2. The molecule has 0 aromatic heterocycles. The Labute approximate surface area is 196 Å². The second-order valence-corrected chi connectivity index (χ2v) is 7.94. The summed E-state index contributed by atoms with van der Waals surface area (Å²) in [6, 6.07) is 19.8. The molecule has 4 rings (SSSR count). The summed E-state index contributed by atoms with van der Waals surface area (Å²) in [6.07, 6.45) is -0.149. The van der Waals surface area contributed by atoms with E-state index in [4.69, 9.17) is 9.84 Å². The van der Waals surface area contributed by atoms with Gasteiger partial charge in [-0.25, -0.2) is 9.59 Å². The van der Waals surface area contributed by atoms with E-state index in [-0.39, 0.29) is 42.5 Å². The van der Waals surface area contributed by atoms with E-state index in [1.54, 1.807) is 0 Å². The number of aromatic hydroxyl groups is 1. The smallest absolute Gasteiger partial charge is 0.407 e. The maximum atomic E-state index is 12.2. The van der Waals surface area contributed by atoms with Crippen molar-refractivity contribution in [3.63, 3.8) is 0 Å². The van der Waals surface area contributed by atoms with Crippen LogP contribution in [0, 0.1) is 0 Å². The molecule has 174 valence electrons. The number of alkyl carbamates (subject to hydrolysis) is 1. The van der Waals surface area contributed by atoms with Gasteiger partial charge in [0.15, 0.2) is 0 Å². The molecular formula is C26H24N2O6. The molecule has 8 heteroatoms. The quantitative estimate of drug-likeness (QED) is 0.293. The summed E-state index contributed by atoms with van der Waals surface area (Å²) in [4.78, 5) is 35.3. The van der Waals surface area contributed by atoms with Gasteiger partial charge < -0.3 is 25.6 Å². The number of hydrogen-bond acceptors (Lipinski definition) is 5. The molecule has 2 amide bonds. The van der Waals surface area contributed by atoms with E-state index in [2.05, 4.69) is 22.8 Å². The van der Waals surface area contributed by atoms with Crippen molar-refractivity contribution in [1.82, 2.24) is 5.32 Å². The average Bonchev–Trinajstić information content (AvgIpc) is 3.15. The first-order chi connectivity index (χ1) is 16.4. The van der Waals surface area contributed by atoms with Gasteiger partial charge in [0.2, 0.25) is 5.91 Å². The van der Waals surface area contributed by atoms with Crippen molar-refractivity contribution in [1.29, 1.82) is 0 Å². The molecule has 0 radical (unpaired) electrons. The fraction of sp³-hybridized carbons (Fsp3) is 0.192. The Morgan fingerprint density at radius 3 is 2.21 bits per heavy atom. The van der Waals surface area contributed by atoms with Crippen LogP contribution in [0.25, 0.3) is 11.1 Å². The number of ether oxygens (including phenoxy) is 1. The number of rotatable bonds is 8. The lowest BCUT2D eigenvalue weighted by Gasteiger charge is -2.14. The number of anilines is 1. The highest BCUT2D eigenvalue weighted by molar-refractivity contribution is 5.95. The third-order valence-corrected chi connectivity index (χ3v) is 5.71. The van der Waals surface area contributed by atoms with Gasteiger partial charge in [-0.1, -0.05) is 48.5 Å². The molecule has 34 heavy (non-hydrogen) atoms. The predicted octanol–water partition coefficient (Wildman–Crippen LogP) is 4.35. The minimum atomic E-state index is -1.16. The number of fused-ring (bicyclic) bond motifs is 3. The summed E-state index contributed by atoms with van der Waals surface area (Å²) in [6.45, 7) is 0.435. The van der Waals surface area contributed by atoms with Gasteiger partial charge in [-0.15, -0.1) is 0 Å². The van der Waals surface area contributed by atoms with Crippen LogP contribution in [0.5, 0.6) is 5.75 Å². The molecule has 0 unspecified atom stereocenters. The molecule has 0 fully saturated rings. The minimum absolute atomic E-state index is 0.0226. The number of phenols is 1. The van der Waals surface area contributed by atoms with Gasteiger partial charge in [-0.3, -0.25) is 4.79 Å². The molecule has 0 aliphatic heterocycles. The molecule has 1 aliphatic carbocycles. The lowest BCUT2D eigenvalue weighted by Crippen LogP contribution is -2.27. The minimum Gasteiger partial charge on any atom is -0.506 e. The van der Waals surface area contributed by atoms with Crippen LogP contribution in [0.3, 0.4) is 0 Å². The molecule has 3 aromatic rings. The zero-order valence-corrected chi connectivity index (χ0v) is 18.3. The highest BCUT2D eigenvalue weighted by atomic mass is 16.5. The third-order valence-electron chi connectivity index (χ3n) is 5.71. The molecule has 0 bridgehead atoms. The molecule has 0 spiro atoms. The Hall–Kier alpha value is -4.33. The van der Waals surface area contributed by atoms with E-state index in [1.807, 2.05) is 36.4 Å². The number of benzene rings is 3. The van der Waals surface area contributed by atoms with Crippen molar-refractivity contribution in [2.75, 3.05) is 18.5 Å². The number of carboxylic acid groups (broad SMARTS) is 1. The number of carbonyl (C=O) groups excluding carboxylic acids is 2. The second-order valence-electron chi connectivity index (χ2n) is 7.94. The summed E-state index contributed by atoms with van der Waals surface area (Å²) in [7, 11) is 0. The summed E-state index contributed by atoms with van der Waals surface area (Å²) >= 11 is 0. The molecule has 0 saturated carbocycles. The maximum Gasteiger partial charge on any atom is 0.407 e. The van der Waals surface area contributed by atoms with Gasteiger partial charge in [0.05, 0.1) is 11.3 Å². The van der Waals surface area contributed by atoms with Crippen molar-refractivity contribution in [3.8, 4) is 16.9 Å². The SMILES string of the molecule is O=C(CCCNC(=O)OCC1c2ccccc2-c2ccccc21)Nc1cc(C(=O)O)ccc1O. The van der Waals surface area contributed by atoms with Crippen LogP contribution in [-0.4, -0.2) is 41.3 Å². The van der Waals surface area contributed by atoms with Crippen molar-refractivity contribution >= 4 is 23.7 Å². The van der Waals surface area contributed by atoms with Crippen molar-refractivity contribution in [2.24, 2.45) is 0 Å². The van der Waals surface area contributed by atoms with E-state index >= 15 is 0 Å². The van der Waals surface area contributed by atoms with Crippen molar-refractivity contribution in [2.45, 2.75) is 18.8 Å². The number of hydrogen-bond donors (Lipinski definition) is 4. The van der Waals surface area contributed by atoms with Crippen LogP contribution in [0.4, 0.5) is 10.5 Å². The largest absolute Gasteiger partial charge is 0.506 e. The standard InChI is InChI=1S/C26H24N2O6/c29-23-12-11-16(25(31)32)14-22(23)28-24(30)10-5-13-27-26(33)34-15-21-19-8-3-1-6-17(19)18-7-2-4-9-20(18)21/h1-4,6-9,11-12,14,21,29H,5,10,13,15H2,(H,27,33)(H,28,30)(H,31,32). The highest BCUT2D eigenvalue weighted by Gasteiger charge is 2.28. The van der Waals surface area contributed by atoms with E-state index in [1.165, 1.54) is 18.2 Å². The summed E-state index contributed by atoms with van der Waals surface area (Å²) in [5.74, 6) is -1.83. The first-order valence-corrected chi connectivity index (χ1v) is 10.9. The fourth-order valence-electron chi connectivity index (χ4n) is 4.07. The molecule has 4 N–H and O–H groups in total. The van der Waals surface area contributed by atoms with E-state index < -0.39 is 18.0 Å². The summed E-state index contributed by atoms with van der Waals surface area (Å²) < 4.78 is 5.45. The molecule has 1 aliphatic rings. The van der Waals surface area contributed by atoms with Crippen molar-refractivity contribution < 1.29 is 29.3 Å². The second kappa shape index (κ2) is 10.1. The van der Waals surface area contributed by atoms with Gasteiger partial charge in [-0.2, -0.15) is 0 Å². The van der Waals surface area contributed by atoms with Crippen LogP contribution < -0.4 is 10.6 Å². The van der Waals surface area contributed by atoms with Crippen LogP contribution in [0.15, 0.2) is 66.7 Å². The fourth-order valence-corrected chi connectivity index (χ4v) is 4.07. The Balaban J connectivity index is 1.22. The number of phenolic OH excluding ortho intramolecular Hbond substituents is 1. The average molecular weight is 460 g/mol. The van der Waals surface area contributed by atoms with Crippen LogP contribution >= 0.6 is 0 Å². The zero-order valence-electron chi connectivity index (χ0n) is 18.3. The summed E-state index contributed by atoms with van der Waals surface area (Å²) in [5, 5.41) is 23.9. The van der Waals surface area contributed by atoms with Gasteiger partial charge in [0, 0.05) is 18.9 Å². The Morgan fingerprint density at radius 2 is 1.56 bits per heavy atom. The van der Waals surface area contributed by atoms with Crippen LogP contribution in [0.1, 0.15) is 40.2 Å². The lowest BCUT2D eigenvalue weighted by molar-refractivity contribution is -0.116. The first-order valence-electron chi connectivity index (χ1n) is 10.9. The number of carbonyl (C=O) groups is 3. The third kappa shape index (κ3) is 5.01. The van der Waals surface area contributed by atoms with E-state index in [0.717, 1.165) is 22.3 Å². The van der Waals surface area contributed by atoms with Crippen LogP contribution in [-0.2, 0) is 9.53 Å². The van der Waals surface area contributed by atoms with Crippen molar-refractivity contribution in [3.05, 3.63) is 83.4 Å². The van der Waals surface area contributed by atoms with Gasteiger partial charge in [0.1, 0.15) is 12.4 Å². The summed E-state index contributed by atoms with van der Waals surface area (Å²) in [5.41, 5.74) is 4.53.